The Hall–Kier alpha value is -1.91. The number of nitrogen functional groups attached to an aromatic ring is 1. The number of hydrogen-bond acceptors (Lipinski definition) is 4. The van der Waals surface area contributed by atoms with Crippen molar-refractivity contribution < 1.29 is 9.53 Å². The molecule has 0 saturated carbocycles. The number of anilines is 2. The zero-order valence-corrected chi connectivity index (χ0v) is 14.1. The molecule has 1 aliphatic rings. The van der Waals surface area contributed by atoms with Crippen molar-refractivity contribution in [1.29, 1.82) is 0 Å². The molecule has 0 radical (unpaired) electrons. The molecule has 0 unspecified atom stereocenters. The van der Waals surface area contributed by atoms with Gasteiger partial charge in [-0.05, 0) is 57.4 Å². The number of ether oxygens (including phenoxy) is 1. The van der Waals surface area contributed by atoms with Gasteiger partial charge in [0.1, 0.15) is 5.60 Å². The van der Waals surface area contributed by atoms with E-state index in [4.69, 9.17) is 10.5 Å². The van der Waals surface area contributed by atoms with Crippen LogP contribution in [0.4, 0.5) is 16.2 Å². The first-order valence-corrected chi connectivity index (χ1v) is 7.84. The zero-order chi connectivity index (χ0) is 16.3. The maximum Gasteiger partial charge on any atom is 0.410 e. The average molecular weight is 305 g/mol. The molecule has 1 fully saturated rings. The van der Waals surface area contributed by atoms with Gasteiger partial charge in [-0.3, -0.25) is 0 Å². The van der Waals surface area contributed by atoms with Gasteiger partial charge < -0.3 is 20.3 Å². The lowest BCUT2D eigenvalue weighted by atomic mass is 10.1. The molecule has 1 heterocycles. The summed E-state index contributed by atoms with van der Waals surface area (Å²) in [4.78, 5) is 16.1. The van der Waals surface area contributed by atoms with E-state index in [1.807, 2.05) is 32.9 Å². The summed E-state index contributed by atoms with van der Waals surface area (Å²) in [5.41, 5.74) is 8.39. The molecule has 5 nitrogen and oxygen atoms in total. The van der Waals surface area contributed by atoms with Gasteiger partial charge in [0.25, 0.3) is 0 Å². The summed E-state index contributed by atoms with van der Waals surface area (Å²) in [6.07, 6.45) is 2.11. The SMILES string of the molecule is CN(Cc1cc(N)ccc1N1CCCC1)C(=O)OC(C)(C)C. The van der Waals surface area contributed by atoms with E-state index in [9.17, 15) is 4.79 Å². The molecule has 2 N–H and O–H groups in total. The van der Waals surface area contributed by atoms with E-state index < -0.39 is 5.60 Å². The fourth-order valence-corrected chi connectivity index (χ4v) is 2.66. The van der Waals surface area contributed by atoms with Crippen molar-refractivity contribution in [2.75, 3.05) is 30.8 Å². The Morgan fingerprint density at radius 1 is 1.32 bits per heavy atom. The van der Waals surface area contributed by atoms with Crippen molar-refractivity contribution in [3.63, 3.8) is 0 Å². The third-order valence-corrected chi connectivity index (χ3v) is 3.66. The van der Waals surface area contributed by atoms with Crippen molar-refractivity contribution in [3.05, 3.63) is 23.8 Å². The predicted molar refractivity (Wildman–Crippen MR) is 90.0 cm³/mol. The molecule has 0 atom stereocenters. The number of carbonyl (C=O) groups excluding carboxylic acids is 1. The van der Waals surface area contributed by atoms with Crippen LogP contribution < -0.4 is 10.6 Å². The molecule has 0 aliphatic carbocycles. The first-order valence-electron chi connectivity index (χ1n) is 7.84. The number of nitrogens with zero attached hydrogens (tertiary/aromatic N) is 2. The maximum atomic E-state index is 12.1. The van der Waals surface area contributed by atoms with Crippen LogP contribution in [-0.4, -0.2) is 36.7 Å². The third kappa shape index (κ3) is 4.29. The summed E-state index contributed by atoms with van der Waals surface area (Å²) in [5, 5.41) is 0. The molecule has 0 spiro atoms. The van der Waals surface area contributed by atoms with Gasteiger partial charge in [-0.25, -0.2) is 4.79 Å². The molecule has 2 rings (SSSR count). The van der Waals surface area contributed by atoms with Gasteiger partial charge in [0.15, 0.2) is 0 Å². The Kier molecular flexibility index (Phi) is 4.84. The van der Waals surface area contributed by atoms with Crippen molar-refractivity contribution >= 4 is 17.5 Å². The Bertz CT molecular complexity index is 531. The van der Waals surface area contributed by atoms with E-state index in [0.717, 1.165) is 24.3 Å². The van der Waals surface area contributed by atoms with E-state index in [1.165, 1.54) is 18.5 Å². The van der Waals surface area contributed by atoms with Crippen LogP contribution in [0.3, 0.4) is 0 Å². The van der Waals surface area contributed by atoms with Crippen LogP contribution in [0.25, 0.3) is 0 Å². The number of amides is 1. The largest absolute Gasteiger partial charge is 0.444 e. The van der Waals surface area contributed by atoms with E-state index in [-0.39, 0.29) is 6.09 Å². The Labute approximate surface area is 133 Å². The molecule has 1 saturated heterocycles. The highest BCUT2D eigenvalue weighted by Gasteiger charge is 2.22. The Balaban J connectivity index is 2.14. The molecular weight excluding hydrogens is 278 g/mol. The standard InChI is InChI=1S/C17H27N3O2/c1-17(2,3)22-16(21)19(4)12-13-11-14(18)7-8-15(13)20-9-5-6-10-20/h7-8,11H,5-6,9-10,12,18H2,1-4H3. The number of benzene rings is 1. The second-order valence-electron chi connectivity index (χ2n) is 6.92. The minimum atomic E-state index is -0.487. The first-order chi connectivity index (χ1) is 10.3. The minimum absolute atomic E-state index is 0.317. The molecule has 1 aliphatic heterocycles. The summed E-state index contributed by atoms with van der Waals surface area (Å²) in [5.74, 6) is 0. The van der Waals surface area contributed by atoms with Crippen LogP contribution in [0.1, 0.15) is 39.2 Å². The monoisotopic (exact) mass is 305 g/mol. The van der Waals surface area contributed by atoms with Gasteiger partial charge in [-0.1, -0.05) is 0 Å². The van der Waals surface area contributed by atoms with Gasteiger partial charge in [0.05, 0.1) is 6.54 Å². The van der Waals surface area contributed by atoms with Gasteiger partial charge in [-0.2, -0.15) is 0 Å². The lowest BCUT2D eigenvalue weighted by Gasteiger charge is -2.27. The van der Waals surface area contributed by atoms with E-state index in [0.29, 0.717) is 6.54 Å². The average Bonchev–Trinajstić information content (AvgIpc) is 2.90. The predicted octanol–water partition coefficient (Wildman–Crippen LogP) is 3.24. The van der Waals surface area contributed by atoms with Crippen molar-refractivity contribution in [3.8, 4) is 0 Å². The van der Waals surface area contributed by atoms with E-state index in [1.54, 1.807) is 11.9 Å². The molecule has 5 heteroatoms. The molecule has 0 aromatic heterocycles. The summed E-state index contributed by atoms with van der Waals surface area (Å²) < 4.78 is 5.41. The highest BCUT2D eigenvalue weighted by molar-refractivity contribution is 5.69. The van der Waals surface area contributed by atoms with Gasteiger partial charge in [-0.15, -0.1) is 0 Å². The zero-order valence-electron chi connectivity index (χ0n) is 14.1. The lowest BCUT2D eigenvalue weighted by Crippen LogP contribution is -2.34. The highest BCUT2D eigenvalue weighted by Crippen LogP contribution is 2.27. The van der Waals surface area contributed by atoms with Crippen LogP contribution >= 0.6 is 0 Å². The van der Waals surface area contributed by atoms with E-state index in [2.05, 4.69) is 11.0 Å². The number of hydrogen-bond donors (Lipinski definition) is 1. The second-order valence-corrected chi connectivity index (χ2v) is 6.92. The van der Waals surface area contributed by atoms with Crippen LogP contribution in [0.2, 0.25) is 0 Å². The third-order valence-electron chi connectivity index (χ3n) is 3.66. The molecular formula is C17H27N3O2. The fourth-order valence-electron chi connectivity index (χ4n) is 2.66. The molecule has 1 aromatic rings. The van der Waals surface area contributed by atoms with Crippen LogP contribution in [-0.2, 0) is 11.3 Å². The molecule has 0 bridgehead atoms. The lowest BCUT2D eigenvalue weighted by molar-refractivity contribution is 0.0285. The van der Waals surface area contributed by atoms with Crippen LogP contribution in [0.15, 0.2) is 18.2 Å². The van der Waals surface area contributed by atoms with Crippen molar-refractivity contribution in [2.24, 2.45) is 0 Å². The van der Waals surface area contributed by atoms with Gasteiger partial charge in [0.2, 0.25) is 0 Å². The fraction of sp³-hybridized carbons (Fsp3) is 0.588. The highest BCUT2D eigenvalue weighted by atomic mass is 16.6. The number of carbonyl (C=O) groups is 1. The van der Waals surface area contributed by atoms with Crippen molar-refractivity contribution in [2.45, 2.75) is 45.8 Å². The van der Waals surface area contributed by atoms with E-state index >= 15 is 0 Å². The normalized spacial score (nSPS) is 15.0. The number of rotatable bonds is 3. The Morgan fingerprint density at radius 3 is 2.55 bits per heavy atom. The van der Waals surface area contributed by atoms with Crippen LogP contribution in [0.5, 0.6) is 0 Å². The van der Waals surface area contributed by atoms with Gasteiger partial charge in [0, 0.05) is 31.5 Å². The van der Waals surface area contributed by atoms with Crippen molar-refractivity contribution in [1.82, 2.24) is 4.90 Å². The minimum Gasteiger partial charge on any atom is -0.444 e. The molecule has 1 aromatic carbocycles. The van der Waals surface area contributed by atoms with Gasteiger partial charge >= 0.3 is 6.09 Å². The first kappa shape index (κ1) is 16.5. The summed E-state index contributed by atoms with van der Waals surface area (Å²) in [7, 11) is 1.75. The number of nitrogens with two attached hydrogens (primary N) is 1. The second kappa shape index (κ2) is 6.46. The summed E-state index contributed by atoms with van der Waals surface area (Å²) in [6.45, 7) is 8.23. The van der Waals surface area contributed by atoms with Crippen LogP contribution in [0, 0.1) is 0 Å². The topological polar surface area (TPSA) is 58.8 Å². The summed E-state index contributed by atoms with van der Waals surface area (Å²) in [6, 6.07) is 5.93. The Morgan fingerprint density at radius 2 is 1.95 bits per heavy atom. The molecule has 1 amide bonds. The molecule has 22 heavy (non-hydrogen) atoms. The quantitative estimate of drug-likeness (QED) is 0.871. The summed E-state index contributed by atoms with van der Waals surface area (Å²) >= 11 is 0. The smallest absolute Gasteiger partial charge is 0.410 e. The molecule has 122 valence electrons. The maximum absolute atomic E-state index is 12.1.